The number of anilines is 1. The Bertz CT molecular complexity index is 1320. The van der Waals surface area contributed by atoms with E-state index in [1.54, 1.807) is 0 Å². The summed E-state index contributed by atoms with van der Waals surface area (Å²) in [4.78, 5) is 0. The molecule has 1 heterocycles. The molecule has 35 heavy (non-hydrogen) atoms. The minimum Gasteiger partial charge on any atom is -0.492 e. The van der Waals surface area contributed by atoms with Crippen molar-refractivity contribution in [2.24, 2.45) is 5.73 Å². The number of nitrogens with one attached hydrogen (secondary N) is 2. The molecule has 4 aromatic rings. The average Bonchev–Trinajstić information content (AvgIpc) is 2.81. The minimum atomic E-state index is -0.207. The van der Waals surface area contributed by atoms with Gasteiger partial charge in [-0.05, 0) is 46.5 Å². The van der Waals surface area contributed by atoms with Gasteiger partial charge in [-0.2, -0.15) is 0 Å². The maximum atomic E-state index is 7.74. The number of hydrogen-bond acceptors (Lipinski definition) is 4. The van der Waals surface area contributed by atoms with Crippen LogP contribution in [0.2, 0.25) is 0 Å². The summed E-state index contributed by atoms with van der Waals surface area (Å²) >= 11 is 3.81. The molecule has 0 aliphatic rings. The molecule has 6 nitrogen and oxygen atoms in total. The van der Waals surface area contributed by atoms with Crippen LogP contribution in [0.15, 0.2) is 65.1 Å². The van der Waals surface area contributed by atoms with Crippen LogP contribution in [-0.4, -0.2) is 22.8 Å². The Kier molecular flexibility index (Phi) is 10.3. The van der Waals surface area contributed by atoms with Crippen molar-refractivity contribution >= 4 is 63.3 Å². The summed E-state index contributed by atoms with van der Waals surface area (Å²) in [6.45, 7) is 4.82. The monoisotopic (exact) mass is 575 g/mol. The van der Waals surface area contributed by atoms with Crippen LogP contribution in [0.5, 0.6) is 5.75 Å². The first-order valence-corrected chi connectivity index (χ1v) is 11.7. The van der Waals surface area contributed by atoms with Crippen LogP contribution in [0.3, 0.4) is 0 Å². The molecular weight excluding hydrogens is 549 g/mol. The lowest BCUT2D eigenvalue weighted by atomic mass is 9.95. The normalized spacial score (nSPS) is 10.3. The molecule has 0 spiro atoms. The van der Waals surface area contributed by atoms with Crippen molar-refractivity contribution in [3.05, 3.63) is 70.7 Å². The number of unbranched alkanes of at least 4 members (excludes halogenated alkanes) is 1. The van der Waals surface area contributed by atoms with Gasteiger partial charge in [0, 0.05) is 21.9 Å². The van der Waals surface area contributed by atoms with Gasteiger partial charge in [-0.15, -0.1) is 35.0 Å². The van der Waals surface area contributed by atoms with Crippen molar-refractivity contribution in [3.8, 4) is 28.1 Å². The third-order valence-electron chi connectivity index (χ3n) is 5.44. The first-order valence-electron chi connectivity index (χ1n) is 10.9. The highest BCUT2D eigenvalue weighted by molar-refractivity contribution is 9.10. The van der Waals surface area contributed by atoms with Crippen LogP contribution in [-0.2, 0) is 0 Å². The topological polar surface area (TPSA) is 96.9 Å². The smallest absolute Gasteiger partial charge is 0.191 e. The first kappa shape index (κ1) is 28.4. The summed E-state index contributed by atoms with van der Waals surface area (Å²) in [6.07, 6.45) is 1.98. The fourth-order valence-corrected chi connectivity index (χ4v) is 4.54. The van der Waals surface area contributed by atoms with Gasteiger partial charge in [0.25, 0.3) is 0 Å². The van der Waals surface area contributed by atoms with Crippen molar-refractivity contribution < 1.29 is 4.74 Å². The van der Waals surface area contributed by atoms with Crippen LogP contribution in [0, 0.1) is 12.3 Å². The van der Waals surface area contributed by atoms with Gasteiger partial charge in [-0.3, -0.25) is 5.41 Å². The second-order valence-corrected chi connectivity index (χ2v) is 8.60. The second-order valence-electron chi connectivity index (χ2n) is 7.81. The van der Waals surface area contributed by atoms with Crippen molar-refractivity contribution in [1.29, 1.82) is 5.41 Å². The molecule has 1 aromatic heterocycles. The Labute approximate surface area is 226 Å². The van der Waals surface area contributed by atoms with Crippen LogP contribution in [0.25, 0.3) is 33.2 Å². The molecule has 0 amide bonds. The highest BCUT2D eigenvalue weighted by Crippen LogP contribution is 2.46. The Morgan fingerprint density at radius 1 is 1.03 bits per heavy atom. The number of halogens is 3. The van der Waals surface area contributed by atoms with E-state index in [1.165, 1.54) is 0 Å². The number of aromatic nitrogens is 2. The standard InChI is InChI=1S/C26H26BrN5O.2ClH/c1-3-4-14-33-24-19(18-13-9-8-10-16(18)2)15-20-21(22(24)27)25(30-26(28)29)32-31-23(20)17-11-6-5-7-12-17;;/h5-13,15H,3-4,14H2,1-2H3,(H4,28,29,30,32);2*1H. The molecule has 184 valence electrons. The number of aryl methyl sites for hydroxylation is 1. The molecule has 9 heteroatoms. The maximum Gasteiger partial charge on any atom is 0.191 e. The molecule has 0 radical (unpaired) electrons. The molecule has 0 fully saturated rings. The molecule has 4 rings (SSSR count). The molecular formula is C26H28BrCl2N5O. The van der Waals surface area contributed by atoms with Crippen LogP contribution in [0.4, 0.5) is 5.82 Å². The first-order chi connectivity index (χ1) is 16.0. The summed E-state index contributed by atoms with van der Waals surface area (Å²) < 4.78 is 7.08. The van der Waals surface area contributed by atoms with Crippen molar-refractivity contribution in [3.63, 3.8) is 0 Å². The van der Waals surface area contributed by atoms with Crippen LogP contribution >= 0.6 is 40.7 Å². The van der Waals surface area contributed by atoms with E-state index >= 15 is 0 Å². The van der Waals surface area contributed by atoms with Crippen molar-refractivity contribution in [1.82, 2.24) is 10.2 Å². The number of hydrogen-bond donors (Lipinski definition) is 3. The Morgan fingerprint density at radius 2 is 1.71 bits per heavy atom. The number of nitrogens with zero attached hydrogens (tertiary/aromatic N) is 2. The van der Waals surface area contributed by atoms with Gasteiger partial charge in [0.15, 0.2) is 11.8 Å². The molecule has 0 atom stereocenters. The van der Waals surface area contributed by atoms with Crippen LogP contribution in [0.1, 0.15) is 25.3 Å². The Morgan fingerprint density at radius 3 is 2.37 bits per heavy atom. The van der Waals surface area contributed by atoms with Gasteiger partial charge in [0.2, 0.25) is 0 Å². The third-order valence-corrected chi connectivity index (χ3v) is 6.20. The lowest BCUT2D eigenvalue weighted by Gasteiger charge is -2.19. The number of nitrogens with two attached hydrogens (primary N) is 1. The highest BCUT2D eigenvalue weighted by Gasteiger charge is 2.22. The summed E-state index contributed by atoms with van der Waals surface area (Å²) in [5.41, 5.74) is 10.6. The minimum absolute atomic E-state index is 0. The molecule has 0 bridgehead atoms. The van der Waals surface area contributed by atoms with Gasteiger partial charge in [0.1, 0.15) is 11.4 Å². The highest BCUT2D eigenvalue weighted by atomic mass is 79.9. The zero-order valence-corrected chi connectivity index (χ0v) is 22.7. The van der Waals surface area contributed by atoms with E-state index in [9.17, 15) is 0 Å². The third kappa shape index (κ3) is 6.04. The van der Waals surface area contributed by atoms with Gasteiger partial charge < -0.3 is 15.8 Å². The SMILES string of the molecule is CCCCOc1c(-c2ccccc2C)cc2c(-c3ccccc3)nnc(NC(=N)N)c2c1Br.Cl.Cl. The van der Waals surface area contributed by atoms with Crippen LogP contribution < -0.4 is 15.8 Å². The number of ether oxygens (including phenoxy) is 1. The van der Waals surface area contributed by atoms with Crippen molar-refractivity contribution in [2.75, 3.05) is 11.9 Å². The number of rotatable bonds is 7. The molecule has 3 aromatic carbocycles. The number of fused-ring (bicyclic) bond motifs is 1. The predicted octanol–water partition coefficient (Wildman–Crippen LogP) is 7.36. The summed E-state index contributed by atoms with van der Waals surface area (Å²) in [5, 5.41) is 21.1. The predicted molar refractivity (Wildman–Crippen MR) is 153 cm³/mol. The molecule has 4 N–H and O–H groups in total. The molecule has 0 saturated carbocycles. The molecule has 0 unspecified atom stereocenters. The van der Waals surface area contributed by atoms with E-state index < -0.39 is 0 Å². The van der Waals surface area contributed by atoms with E-state index in [1.807, 2.05) is 42.5 Å². The van der Waals surface area contributed by atoms with E-state index in [2.05, 4.69) is 63.5 Å². The maximum absolute atomic E-state index is 7.74. The molecule has 0 aliphatic carbocycles. The summed E-state index contributed by atoms with van der Waals surface area (Å²) in [5.74, 6) is 0.936. The number of guanidine groups is 1. The largest absolute Gasteiger partial charge is 0.492 e. The fraction of sp³-hybridized carbons (Fsp3) is 0.192. The quantitative estimate of drug-likeness (QED) is 0.121. The van der Waals surface area contributed by atoms with Gasteiger partial charge >= 0.3 is 0 Å². The van der Waals surface area contributed by atoms with Gasteiger partial charge in [-0.1, -0.05) is 67.9 Å². The summed E-state index contributed by atoms with van der Waals surface area (Å²) in [6, 6.07) is 20.3. The van der Waals surface area contributed by atoms with Gasteiger partial charge in [0.05, 0.1) is 11.1 Å². The van der Waals surface area contributed by atoms with E-state index in [4.69, 9.17) is 15.9 Å². The zero-order valence-electron chi connectivity index (χ0n) is 19.5. The summed E-state index contributed by atoms with van der Waals surface area (Å²) in [7, 11) is 0. The van der Waals surface area contributed by atoms with Gasteiger partial charge in [-0.25, -0.2) is 0 Å². The van der Waals surface area contributed by atoms with E-state index in [0.717, 1.165) is 61.8 Å². The lowest BCUT2D eigenvalue weighted by Crippen LogP contribution is -2.21. The van der Waals surface area contributed by atoms with E-state index in [0.29, 0.717) is 12.4 Å². The fourth-order valence-electron chi connectivity index (χ4n) is 3.81. The average molecular weight is 577 g/mol. The van der Waals surface area contributed by atoms with E-state index in [-0.39, 0.29) is 30.8 Å². The lowest BCUT2D eigenvalue weighted by molar-refractivity contribution is 0.309. The molecule has 0 aliphatic heterocycles. The Balaban J connectivity index is 0.00000216. The number of benzene rings is 3. The Hall–Kier alpha value is -2.87. The van der Waals surface area contributed by atoms with Crippen molar-refractivity contribution in [2.45, 2.75) is 26.7 Å². The zero-order chi connectivity index (χ0) is 23.4. The molecule has 0 saturated heterocycles. The second kappa shape index (κ2) is 12.7.